The van der Waals surface area contributed by atoms with Crippen molar-refractivity contribution in [3.8, 4) is 0 Å². The molecule has 1 aromatic carbocycles. The van der Waals surface area contributed by atoms with Gasteiger partial charge in [0.05, 0.1) is 12.3 Å². The van der Waals surface area contributed by atoms with Gasteiger partial charge in [-0.2, -0.15) is 0 Å². The van der Waals surface area contributed by atoms with Gasteiger partial charge in [0.25, 0.3) is 5.91 Å². The summed E-state index contributed by atoms with van der Waals surface area (Å²) in [5.74, 6) is -0.496. The molecule has 1 fully saturated rings. The van der Waals surface area contributed by atoms with Gasteiger partial charge in [0, 0.05) is 15.6 Å². The number of hydrogen-bond donors (Lipinski definition) is 2. The average Bonchev–Trinajstić information content (AvgIpc) is 3.19. The summed E-state index contributed by atoms with van der Waals surface area (Å²) in [6.45, 7) is 2.85. The van der Waals surface area contributed by atoms with E-state index in [1.807, 2.05) is 0 Å². The van der Waals surface area contributed by atoms with E-state index in [1.165, 1.54) is 19.3 Å². The first-order valence-corrected chi connectivity index (χ1v) is 8.90. The molecule has 142 valence electrons. The van der Waals surface area contributed by atoms with Crippen molar-refractivity contribution in [1.82, 2.24) is 15.5 Å². The smallest absolute Gasteiger partial charge is 0.325 e. The zero-order chi connectivity index (χ0) is 19.8. The molecule has 0 radical (unpaired) electrons. The number of carbonyl (C=O) groups excluding carboxylic acids is 3. The summed E-state index contributed by atoms with van der Waals surface area (Å²) < 4.78 is 5.22. The van der Waals surface area contributed by atoms with Crippen LogP contribution in [0.3, 0.4) is 0 Å². The number of hydrogen-bond acceptors (Lipinski definition) is 4. The van der Waals surface area contributed by atoms with E-state index < -0.39 is 36.0 Å². The number of rotatable bonds is 5. The number of nitrogens with zero attached hydrogens (tertiary/aromatic N) is 1. The third kappa shape index (κ3) is 3.65. The normalized spacial score (nSPS) is 20.5. The second-order valence-corrected chi connectivity index (χ2v) is 7.22. The SMILES string of the molecule is C[C@@H](NC(=O)CN1C(=O)N[C@](C)(c2ccc(Cl)cc2Cl)C1=O)c1ccco1. The minimum Gasteiger partial charge on any atom is -0.467 e. The molecule has 1 saturated heterocycles. The molecule has 3 rings (SSSR count). The Hall–Kier alpha value is -2.51. The topological polar surface area (TPSA) is 91.7 Å². The zero-order valence-electron chi connectivity index (χ0n) is 14.6. The molecule has 0 spiro atoms. The van der Waals surface area contributed by atoms with Gasteiger partial charge in [-0.15, -0.1) is 0 Å². The summed E-state index contributed by atoms with van der Waals surface area (Å²) in [5.41, 5.74) is -0.982. The highest BCUT2D eigenvalue weighted by Gasteiger charge is 2.50. The van der Waals surface area contributed by atoms with Crippen molar-refractivity contribution >= 4 is 41.0 Å². The van der Waals surface area contributed by atoms with Crippen LogP contribution in [-0.2, 0) is 15.1 Å². The van der Waals surface area contributed by atoms with Crippen molar-refractivity contribution in [3.63, 3.8) is 0 Å². The number of nitrogens with one attached hydrogen (secondary N) is 2. The van der Waals surface area contributed by atoms with Gasteiger partial charge in [0.15, 0.2) is 0 Å². The number of imide groups is 1. The minimum atomic E-state index is -1.38. The summed E-state index contributed by atoms with van der Waals surface area (Å²) >= 11 is 12.1. The minimum absolute atomic E-state index is 0.247. The largest absolute Gasteiger partial charge is 0.467 e. The van der Waals surface area contributed by atoms with Crippen LogP contribution in [0.15, 0.2) is 41.0 Å². The lowest BCUT2D eigenvalue weighted by Gasteiger charge is -2.23. The molecule has 0 unspecified atom stereocenters. The molecule has 2 aromatic rings. The van der Waals surface area contributed by atoms with E-state index in [0.29, 0.717) is 16.3 Å². The van der Waals surface area contributed by atoms with Gasteiger partial charge >= 0.3 is 6.03 Å². The fraction of sp³-hybridized carbons (Fsp3) is 0.278. The fourth-order valence-electron chi connectivity index (χ4n) is 2.96. The Labute approximate surface area is 165 Å². The van der Waals surface area contributed by atoms with Crippen LogP contribution in [-0.4, -0.2) is 29.3 Å². The molecule has 2 N–H and O–H groups in total. The quantitative estimate of drug-likeness (QED) is 0.741. The van der Waals surface area contributed by atoms with Crippen LogP contribution in [0.5, 0.6) is 0 Å². The Morgan fingerprint density at radius 2 is 2.07 bits per heavy atom. The lowest BCUT2D eigenvalue weighted by Crippen LogP contribution is -2.43. The summed E-state index contributed by atoms with van der Waals surface area (Å²) in [4.78, 5) is 38.3. The van der Waals surface area contributed by atoms with E-state index in [2.05, 4.69) is 10.6 Å². The second kappa shape index (κ2) is 7.25. The Morgan fingerprint density at radius 1 is 1.33 bits per heavy atom. The van der Waals surface area contributed by atoms with Gasteiger partial charge in [-0.25, -0.2) is 4.79 Å². The number of benzene rings is 1. The van der Waals surface area contributed by atoms with Crippen molar-refractivity contribution in [1.29, 1.82) is 0 Å². The number of halogens is 2. The van der Waals surface area contributed by atoms with Gasteiger partial charge < -0.3 is 15.1 Å². The first kappa shape index (κ1) is 19.3. The maximum atomic E-state index is 12.9. The van der Waals surface area contributed by atoms with Crippen molar-refractivity contribution in [2.75, 3.05) is 6.54 Å². The summed E-state index contributed by atoms with van der Waals surface area (Å²) in [5, 5.41) is 5.95. The van der Waals surface area contributed by atoms with Crippen molar-refractivity contribution in [2.24, 2.45) is 0 Å². The van der Waals surface area contributed by atoms with E-state index in [0.717, 1.165) is 4.90 Å². The first-order chi connectivity index (χ1) is 12.7. The molecule has 1 aliphatic rings. The summed E-state index contributed by atoms with van der Waals surface area (Å²) in [7, 11) is 0. The highest BCUT2D eigenvalue weighted by molar-refractivity contribution is 6.35. The van der Waals surface area contributed by atoms with Crippen LogP contribution in [0.1, 0.15) is 31.2 Å². The lowest BCUT2D eigenvalue weighted by molar-refractivity contribution is -0.135. The molecule has 1 aliphatic heterocycles. The summed E-state index contributed by atoms with van der Waals surface area (Å²) in [6, 6.07) is 7.00. The molecule has 9 heteroatoms. The van der Waals surface area contributed by atoms with Crippen LogP contribution in [0.4, 0.5) is 4.79 Å². The standard InChI is InChI=1S/C18H17Cl2N3O4/c1-10(14-4-3-7-27-14)21-15(24)9-23-16(25)18(2,22-17(23)26)12-6-5-11(19)8-13(12)20/h3-8,10H,9H2,1-2H3,(H,21,24)(H,22,26)/t10-,18-/m1/s1. The second-order valence-electron chi connectivity index (χ2n) is 6.38. The van der Waals surface area contributed by atoms with E-state index in [4.69, 9.17) is 27.6 Å². The lowest BCUT2D eigenvalue weighted by atomic mass is 9.92. The Kier molecular flexibility index (Phi) is 5.17. The third-order valence-corrected chi connectivity index (χ3v) is 4.94. The summed E-state index contributed by atoms with van der Waals surface area (Å²) in [6.07, 6.45) is 1.50. The van der Waals surface area contributed by atoms with Gasteiger partial charge in [-0.3, -0.25) is 14.5 Å². The predicted octanol–water partition coefficient (Wildman–Crippen LogP) is 3.23. The van der Waals surface area contributed by atoms with E-state index in [-0.39, 0.29) is 5.02 Å². The Bertz CT molecular complexity index is 900. The monoisotopic (exact) mass is 409 g/mol. The van der Waals surface area contributed by atoms with Crippen LogP contribution in [0, 0.1) is 0 Å². The Balaban J connectivity index is 1.75. The van der Waals surface area contributed by atoms with Gasteiger partial charge in [-0.1, -0.05) is 29.3 Å². The fourth-order valence-corrected chi connectivity index (χ4v) is 3.56. The van der Waals surface area contributed by atoms with E-state index in [1.54, 1.807) is 31.2 Å². The third-order valence-electron chi connectivity index (χ3n) is 4.39. The van der Waals surface area contributed by atoms with E-state index in [9.17, 15) is 14.4 Å². The van der Waals surface area contributed by atoms with Crippen LogP contribution in [0.2, 0.25) is 10.0 Å². The van der Waals surface area contributed by atoms with Gasteiger partial charge in [0.2, 0.25) is 5.91 Å². The van der Waals surface area contributed by atoms with Crippen LogP contribution in [0.25, 0.3) is 0 Å². The van der Waals surface area contributed by atoms with Gasteiger partial charge in [0.1, 0.15) is 17.8 Å². The molecule has 2 atom stereocenters. The Morgan fingerprint density at radius 3 is 2.70 bits per heavy atom. The predicted molar refractivity (Wildman–Crippen MR) is 99.3 cm³/mol. The molecule has 0 aliphatic carbocycles. The van der Waals surface area contributed by atoms with Gasteiger partial charge in [-0.05, 0) is 38.1 Å². The highest BCUT2D eigenvalue weighted by Crippen LogP contribution is 2.34. The number of carbonyl (C=O) groups is 3. The number of amides is 4. The molecule has 4 amide bonds. The first-order valence-electron chi connectivity index (χ1n) is 8.15. The number of furan rings is 1. The average molecular weight is 410 g/mol. The van der Waals surface area contributed by atoms with E-state index >= 15 is 0 Å². The molecule has 1 aromatic heterocycles. The zero-order valence-corrected chi connectivity index (χ0v) is 16.1. The van der Waals surface area contributed by atoms with Crippen molar-refractivity contribution < 1.29 is 18.8 Å². The molecule has 0 bridgehead atoms. The molecule has 7 nitrogen and oxygen atoms in total. The highest BCUT2D eigenvalue weighted by atomic mass is 35.5. The molecule has 0 saturated carbocycles. The van der Waals surface area contributed by atoms with Crippen molar-refractivity contribution in [3.05, 3.63) is 58.0 Å². The van der Waals surface area contributed by atoms with Crippen molar-refractivity contribution in [2.45, 2.75) is 25.4 Å². The molecule has 27 heavy (non-hydrogen) atoms. The maximum absolute atomic E-state index is 12.9. The molecular formula is C18H17Cl2N3O4. The molecule has 2 heterocycles. The maximum Gasteiger partial charge on any atom is 0.325 e. The number of urea groups is 1. The molecular weight excluding hydrogens is 393 g/mol. The van der Waals surface area contributed by atoms with Crippen LogP contribution < -0.4 is 10.6 Å². The van der Waals surface area contributed by atoms with Crippen LogP contribution >= 0.6 is 23.2 Å².